The Morgan fingerprint density at radius 3 is 2.08 bits per heavy atom. The summed E-state index contributed by atoms with van der Waals surface area (Å²) in [6.45, 7) is 5.89. The first-order valence-electron chi connectivity index (χ1n) is 7.24. The van der Waals surface area contributed by atoms with Gasteiger partial charge in [-0.15, -0.1) is 0 Å². The predicted octanol–water partition coefficient (Wildman–Crippen LogP) is 3.51. The molecule has 0 amide bonds. The molecule has 25 heavy (non-hydrogen) atoms. The van der Waals surface area contributed by atoms with Crippen molar-refractivity contribution in [1.29, 1.82) is 0 Å². The van der Waals surface area contributed by atoms with Crippen LogP contribution in [-0.4, -0.2) is 36.2 Å². The number of ketones is 2. The lowest BCUT2D eigenvalue weighted by atomic mass is 9.93. The molecule has 0 heterocycles. The molecule has 1 rings (SSSR count). The molecule has 0 N–H and O–H groups in total. The lowest BCUT2D eigenvalue weighted by molar-refractivity contribution is -0.159. The van der Waals surface area contributed by atoms with Gasteiger partial charge in [-0.25, -0.2) is 4.79 Å². The number of esters is 2. The maximum atomic E-state index is 12.8. The van der Waals surface area contributed by atoms with Crippen LogP contribution in [0, 0.1) is 5.92 Å². The Labute approximate surface area is 155 Å². The second-order valence-electron chi connectivity index (χ2n) is 6.22. The molecule has 136 valence electrons. The van der Waals surface area contributed by atoms with Gasteiger partial charge in [-0.2, -0.15) is 0 Å². The molecule has 0 saturated carbocycles. The Hall–Kier alpha value is -1.92. The van der Waals surface area contributed by atoms with E-state index in [9.17, 15) is 19.2 Å². The van der Waals surface area contributed by atoms with E-state index >= 15 is 0 Å². The molecule has 0 saturated heterocycles. The van der Waals surface area contributed by atoms with Crippen LogP contribution in [-0.2, 0) is 19.1 Å². The van der Waals surface area contributed by atoms with Crippen molar-refractivity contribution in [3.63, 3.8) is 0 Å². The van der Waals surface area contributed by atoms with E-state index in [1.165, 1.54) is 12.1 Å². The van der Waals surface area contributed by atoms with Crippen molar-refractivity contribution in [2.75, 3.05) is 7.11 Å². The molecule has 1 aromatic rings. The molecule has 1 aromatic carbocycles. The highest BCUT2D eigenvalue weighted by molar-refractivity contribution is 6.43. The van der Waals surface area contributed by atoms with Crippen molar-refractivity contribution in [3.8, 4) is 0 Å². The standard InChI is InChI=1S/C17H18Cl2O6/c1-8(20)11(16(23)25-17(2,3)4)14(21)12-10(18)7-6-9(13(12)19)15(22)24-5/h6-7,11H,1-5H3. The average molecular weight is 389 g/mol. The minimum absolute atomic E-state index is 0.0996. The minimum atomic E-state index is -1.73. The summed E-state index contributed by atoms with van der Waals surface area (Å²) in [6, 6.07) is 2.54. The molecule has 0 aromatic heterocycles. The normalized spacial score (nSPS) is 12.3. The van der Waals surface area contributed by atoms with Gasteiger partial charge in [0.05, 0.1) is 28.3 Å². The molecule has 0 aliphatic heterocycles. The fourth-order valence-corrected chi connectivity index (χ4v) is 2.64. The van der Waals surface area contributed by atoms with E-state index in [1.54, 1.807) is 20.8 Å². The first-order valence-corrected chi connectivity index (χ1v) is 8.00. The van der Waals surface area contributed by atoms with Crippen LogP contribution in [0.3, 0.4) is 0 Å². The van der Waals surface area contributed by atoms with E-state index in [0.29, 0.717) is 0 Å². The summed E-state index contributed by atoms with van der Waals surface area (Å²) in [6.07, 6.45) is 0. The SMILES string of the molecule is COC(=O)c1ccc(Cl)c(C(=O)C(C(C)=O)C(=O)OC(C)(C)C)c1Cl. The van der Waals surface area contributed by atoms with Crippen molar-refractivity contribution in [1.82, 2.24) is 0 Å². The van der Waals surface area contributed by atoms with Crippen LogP contribution in [0.2, 0.25) is 10.0 Å². The van der Waals surface area contributed by atoms with Gasteiger partial charge in [0.2, 0.25) is 0 Å². The molecule has 8 heteroatoms. The highest BCUT2D eigenvalue weighted by Gasteiger charge is 2.38. The number of hydrogen-bond acceptors (Lipinski definition) is 6. The quantitative estimate of drug-likeness (QED) is 0.435. The summed E-state index contributed by atoms with van der Waals surface area (Å²) in [7, 11) is 1.15. The van der Waals surface area contributed by atoms with Gasteiger partial charge in [-0.05, 0) is 39.8 Å². The maximum Gasteiger partial charge on any atom is 0.339 e. The smallest absolute Gasteiger partial charge is 0.339 e. The van der Waals surface area contributed by atoms with Gasteiger partial charge in [-0.3, -0.25) is 14.4 Å². The molecular weight excluding hydrogens is 371 g/mol. The van der Waals surface area contributed by atoms with Gasteiger partial charge >= 0.3 is 11.9 Å². The number of carbonyl (C=O) groups excluding carboxylic acids is 4. The minimum Gasteiger partial charge on any atom is -0.465 e. The predicted molar refractivity (Wildman–Crippen MR) is 92.1 cm³/mol. The number of rotatable bonds is 5. The topological polar surface area (TPSA) is 86.7 Å². The Balaban J connectivity index is 3.42. The van der Waals surface area contributed by atoms with E-state index in [0.717, 1.165) is 14.0 Å². The van der Waals surface area contributed by atoms with E-state index in [1.807, 2.05) is 0 Å². The van der Waals surface area contributed by atoms with Gasteiger partial charge in [0.15, 0.2) is 17.5 Å². The zero-order valence-electron chi connectivity index (χ0n) is 14.4. The number of methoxy groups -OCH3 is 1. The molecule has 0 radical (unpaired) electrons. The molecule has 1 atom stereocenters. The number of ether oxygens (including phenoxy) is 2. The number of benzene rings is 1. The summed E-state index contributed by atoms with van der Waals surface area (Å²) < 4.78 is 9.70. The third-order valence-corrected chi connectivity index (χ3v) is 3.76. The van der Waals surface area contributed by atoms with Crippen LogP contribution in [0.25, 0.3) is 0 Å². The molecule has 6 nitrogen and oxygen atoms in total. The third-order valence-electron chi connectivity index (χ3n) is 3.05. The number of halogens is 2. The van der Waals surface area contributed by atoms with Crippen molar-refractivity contribution in [2.45, 2.75) is 33.3 Å². The first-order chi connectivity index (χ1) is 11.4. The molecule has 0 bridgehead atoms. The molecule has 0 aliphatic carbocycles. The largest absolute Gasteiger partial charge is 0.465 e. The van der Waals surface area contributed by atoms with Gasteiger partial charge < -0.3 is 9.47 Å². The van der Waals surface area contributed by atoms with Crippen molar-refractivity contribution >= 4 is 46.7 Å². The monoisotopic (exact) mass is 388 g/mol. The Bertz CT molecular complexity index is 733. The van der Waals surface area contributed by atoms with Crippen LogP contribution in [0.15, 0.2) is 12.1 Å². The zero-order valence-corrected chi connectivity index (χ0v) is 15.9. The highest BCUT2D eigenvalue weighted by Crippen LogP contribution is 2.31. The number of Topliss-reactive ketones (excluding diaryl/α,β-unsaturated/α-hetero) is 2. The van der Waals surface area contributed by atoms with Gasteiger partial charge in [-0.1, -0.05) is 23.2 Å². The summed E-state index contributed by atoms with van der Waals surface area (Å²) >= 11 is 12.1. The molecule has 1 unspecified atom stereocenters. The molecular formula is C17H18Cl2O6. The average Bonchev–Trinajstić information content (AvgIpc) is 2.44. The van der Waals surface area contributed by atoms with Crippen molar-refractivity contribution in [2.24, 2.45) is 5.92 Å². The number of hydrogen-bond donors (Lipinski definition) is 0. The van der Waals surface area contributed by atoms with E-state index in [-0.39, 0.29) is 21.2 Å². The van der Waals surface area contributed by atoms with Gasteiger partial charge in [0, 0.05) is 0 Å². The van der Waals surface area contributed by atoms with Crippen LogP contribution in [0.4, 0.5) is 0 Å². The fourth-order valence-electron chi connectivity index (χ4n) is 2.01. The molecule has 0 fully saturated rings. The first kappa shape index (κ1) is 21.1. The third kappa shape index (κ3) is 5.03. The van der Waals surface area contributed by atoms with Gasteiger partial charge in [0.25, 0.3) is 0 Å². The lowest BCUT2D eigenvalue weighted by Gasteiger charge is -2.22. The summed E-state index contributed by atoms with van der Waals surface area (Å²) in [5.41, 5.74) is -1.31. The van der Waals surface area contributed by atoms with Crippen LogP contribution < -0.4 is 0 Å². The zero-order chi connectivity index (χ0) is 19.5. The Kier molecular flexibility index (Phi) is 6.74. The maximum absolute atomic E-state index is 12.8. The van der Waals surface area contributed by atoms with E-state index < -0.39 is 35.0 Å². The second kappa shape index (κ2) is 7.97. The van der Waals surface area contributed by atoms with Crippen LogP contribution in [0.1, 0.15) is 48.4 Å². The highest BCUT2D eigenvalue weighted by atomic mass is 35.5. The molecule has 0 aliphatic rings. The summed E-state index contributed by atoms with van der Waals surface area (Å²) in [4.78, 5) is 48.7. The van der Waals surface area contributed by atoms with E-state index in [2.05, 4.69) is 4.74 Å². The van der Waals surface area contributed by atoms with Crippen molar-refractivity contribution in [3.05, 3.63) is 33.3 Å². The van der Waals surface area contributed by atoms with Crippen LogP contribution in [0.5, 0.6) is 0 Å². The Morgan fingerprint density at radius 1 is 1.08 bits per heavy atom. The van der Waals surface area contributed by atoms with E-state index in [4.69, 9.17) is 27.9 Å². The van der Waals surface area contributed by atoms with Crippen LogP contribution >= 0.6 is 23.2 Å². The summed E-state index contributed by atoms with van der Waals surface area (Å²) in [5.74, 6) is -5.20. The molecule has 0 spiro atoms. The van der Waals surface area contributed by atoms with Gasteiger partial charge in [0.1, 0.15) is 5.60 Å². The van der Waals surface area contributed by atoms with Crippen molar-refractivity contribution < 1.29 is 28.7 Å². The summed E-state index contributed by atoms with van der Waals surface area (Å²) in [5, 5.41) is -0.392. The lowest BCUT2D eigenvalue weighted by Crippen LogP contribution is -2.37. The fraction of sp³-hybridized carbons (Fsp3) is 0.412. The Morgan fingerprint density at radius 2 is 1.64 bits per heavy atom. The second-order valence-corrected chi connectivity index (χ2v) is 7.00. The number of carbonyl (C=O) groups is 4.